The number of rotatable bonds is 2. The molecule has 1 atom stereocenters. The zero-order valence-corrected chi connectivity index (χ0v) is 16.9. The van der Waals surface area contributed by atoms with Crippen LogP contribution in [0, 0.1) is 0 Å². The third-order valence-corrected chi connectivity index (χ3v) is 6.69. The van der Waals surface area contributed by atoms with Gasteiger partial charge in [0.1, 0.15) is 13.2 Å². The number of nitrogens with zero attached hydrogens (tertiary/aromatic N) is 2. The third kappa shape index (κ3) is 2.93. The van der Waals surface area contributed by atoms with Crippen LogP contribution in [0.15, 0.2) is 30.5 Å². The van der Waals surface area contributed by atoms with Gasteiger partial charge in [-0.1, -0.05) is 12.8 Å². The van der Waals surface area contributed by atoms with Crippen LogP contribution in [-0.4, -0.2) is 42.7 Å². The number of carbonyl (C=O) groups is 1. The maximum atomic E-state index is 13.4. The van der Waals surface area contributed by atoms with Crippen molar-refractivity contribution in [1.29, 1.82) is 0 Å². The fourth-order valence-corrected chi connectivity index (χ4v) is 5.15. The topological polar surface area (TPSA) is 60.9 Å². The molecule has 1 aromatic carbocycles. The first-order chi connectivity index (χ1) is 14.1. The molecule has 6 nitrogen and oxygen atoms in total. The lowest BCUT2D eigenvalue weighted by Crippen LogP contribution is -2.48. The standard InChI is InChI=1S/C23H26N2O4/c1-15-17-11-19-20(29-10-9-28-19)12-18(17)23(7-3-4-8-23)14-25(15)22(26)16-5-6-21(27-2)24-13-16/h5-6,11-13,15H,3-4,7-10,14H2,1-2H3. The molecule has 0 bridgehead atoms. The van der Waals surface area contributed by atoms with Gasteiger partial charge in [0.2, 0.25) is 5.88 Å². The summed E-state index contributed by atoms with van der Waals surface area (Å²) in [7, 11) is 1.57. The second kappa shape index (κ2) is 6.94. The Morgan fingerprint density at radius 2 is 1.90 bits per heavy atom. The number of fused-ring (bicyclic) bond motifs is 3. The summed E-state index contributed by atoms with van der Waals surface area (Å²) in [5, 5.41) is 0. The molecule has 1 unspecified atom stereocenters. The summed E-state index contributed by atoms with van der Waals surface area (Å²) in [6.45, 7) is 3.98. The summed E-state index contributed by atoms with van der Waals surface area (Å²) in [5.74, 6) is 2.15. The second-order valence-electron chi connectivity index (χ2n) is 8.27. The van der Waals surface area contributed by atoms with E-state index in [0.29, 0.717) is 24.7 Å². The fourth-order valence-electron chi connectivity index (χ4n) is 5.15. The van der Waals surface area contributed by atoms with Gasteiger partial charge in [0.15, 0.2) is 11.5 Å². The van der Waals surface area contributed by atoms with Crippen LogP contribution in [0.2, 0.25) is 0 Å². The lowest BCUT2D eigenvalue weighted by Gasteiger charge is -2.46. The number of hydrogen-bond donors (Lipinski definition) is 0. The zero-order valence-electron chi connectivity index (χ0n) is 16.9. The molecule has 3 heterocycles. The van der Waals surface area contributed by atoms with Gasteiger partial charge in [-0.15, -0.1) is 0 Å². The predicted octanol–water partition coefficient (Wildman–Crippen LogP) is 3.89. The van der Waals surface area contributed by atoms with Crippen LogP contribution >= 0.6 is 0 Å². The molecular weight excluding hydrogens is 368 g/mol. The molecule has 2 aliphatic heterocycles. The molecule has 1 amide bonds. The smallest absolute Gasteiger partial charge is 0.255 e. The molecule has 0 N–H and O–H groups in total. The maximum absolute atomic E-state index is 13.4. The molecule has 29 heavy (non-hydrogen) atoms. The quantitative estimate of drug-likeness (QED) is 0.773. The van der Waals surface area contributed by atoms with Crippen molar-refractivity contribution in [3.8, 4) is 17.4 Å². The van der Waals surface area contributed by atoms with E-state index in [9.17, 15) is 4.79 Å². The lowest BCUT2D eigenvalue weighted by molar-refractivity contribution is 0.0592. The van der Waals surface area contributed by atoms with Gasteiger partial charge in [0.05, 0.1) is 18.7 Å². The molecule has 6 heteroatoms. The molecule has 152 valence electrons. The van der Waals surface area contributed by atoms with Gasteiger partial charge in [0, 0.05) is 24.2 Å². The Labute approximate surface area is 170 Å². The number of ether oxygens (including phenoxy) is 3. The average Bonchev–Trinajstić information content (AvgIpc) is 3.24. The SMILES string of the molecule is COc1ccc(C(=O)N2CC3(CCCC3)c3cc4c(cc3C2C)OCCO4)cn1. The summed E-state index contributed by atoms with van der Waals surface area (Å²) in [5.41, 5.74) is 3.10. The number of aromatic nitrogens is 1. The average molecular weight is 394 g/mol. The van der Waals surface area contributed by atoms with Crippen molar-refractivity contribution in [2.45, 2.75) is 44.1 Å². The molecule has 0 radical (unpaired) electrons. The largest absolute Gasteiger partial charge is 0.486 e. The van der Waals surface area contributed by atoms with Crippen LogP contribution < -0.4 is 14.2 Å². The Kier molecular flexibility index (Phi) is 4.37. The van der Waals surface area contributed by atoms with Gasteiger partial charge in [-0.05, 0) is 49.1 Å². The highest BCUT2D eigenvalue weighted by Gasteiger charge is 2.46. The van der Waals surface area contributed by atoms with E-state index in [-0.39, 0.29) is 17.4 Å². The highest BCUT2D eigenvalue weighted by atomic mass is 16.6. The van der Waals surface area contributed by atoms with Gasteiger partial charge in [-0.25, -0.2) is 4.98 Å². The van der Waals surface area contributed by atoms with Crippen molar-refractivity contribution in [1.82, 2.24) is 9.88 Å². The van der Waals surface area contributed by atoms with E-state index in [1.165, 1.54) is 24.0 Å². The Balaban J connectivity index is 1.56. The Morgan fingerprint density at radius 3 is 2.55 bits per heavy atom. The molecule has 2 aromatic rings. The summed E-state index contributed by atoms with van der Waals surface area (Å²) >= 11 is 0. The summed E-state index contributed by atoms with van der Waals surface area (Å²) in [6.07, 6.45) is 6.17. The van der Waals surface area contributed by atoms with Crippen molar-refractivity contribution in [2.24, 2.45) is 0 Å². The molecule has 1 saturated carbocycles. The Morgan fingerprint density at radius 1 is 1.17 bits per heavy atom. The highest BCUT2D eigenvalue weighted by Crippen LogP contribution is 2.52. The van der Waals surface area contributed by atoms with Crippen LogP contribution in [0.1, 0.15) is 60.1 Å². The lowest BCUT2D eigenvalue weighted by atomic mass is 9.71. The first-order valence-corrected chi connectivity index (χ1v) is 10.4. The van der Waals surface area contributed by atoms with Gasteiger partial charge in [-0.2, -0.15) is 0 Å². The minimum atomic E-state index is -0.0401. The molecular formula is C23H26N2O4. The molecule has 0 saturated heterocycles. The molecule has 1 spiro atoms. The normalized spacial score (nSPS) is 21.7. The number of hydrogen-bond acceptors (Lipinski definition) is 5. The molecule has 1 fully saturated rings. The monoisotopic (exact) mass is 394 g/mol. The Bertz CT molecular complexity index is 935. The van der Waals surface area contributed by atoms with Crippen LogP contribution in [0.5, 0.6) is 17.4 Å². The number of methoxy groups -OCH3 is 1. The van der Waals surface area contributed by atoms with Crippen molar-refractivity contribution in [2.75, 3.05) is 26.9 Å². The van der Waals surface area contributed by atoms with E-state index in [2.05, 4.69) is 24.0 Å². The van der Waals surface area contributed by atoms with Gasteiger partial charge in [-0.3, -0.25) is 4.79 Å². The summed E-state index contributed by atoms with van der Waals surface area (Å²) in [4.78, 5) is 19.7. The van der Waals surface area contributed by atoms with Crippen LogP contribution in [0.3, 0.4) is 0 Å². The van der Waals surface area contributed by atoms with E-state index < -0.39 is 0 Å². The van der Waals surface area contributed by atoms with Crippen molar-refractivity contribution >= 4 is 5.91 Å². The Hall–Kier alpha value is -2.76. The van der Waals surface area contributed by atoms with Crippen LogP contribution in [-0.2, 0) is 5.41 Å². The van der Waals surface area contributed by atoms with E-state index >= 15 is 0 Å². The molecule has 1 aliphatic carbocycles. The van der Waals surface area contributed by atoms with Crippen molar-refractivity contribution in [3.05, 3.63) is 47.2 Å². The zero-order chi connectivity index (χ0) is 20.0. The second-order valence-corrected chi connectivity index (χ2v) is 8.27. The first kappa shape index (κ1) is 18.3. The third-order valence-electron chi connectivity index (χ3n) is 6.69. The minimum Gasteiger partial charge on any atom is -0.486 e. The highest BCUT2D eigenvalue weighted by molar-refractivity contribution is 5.94. The fraction of sp³-hybridized carbons (Fsp3) is 0.478. The summed E-state index contributed by atoms with van der Waals surface area (Å²) < 4.78 is 16.8. The first-order valence-electron chi connectivity index (χ1n) is 10.4. The number of benzene rings is 1. The van der Waals surface area contributed by atoms with Gasteiger partial charge < -0.3 is 19.1 Å². The van der Waals surface area contributed by atoms with E-state index in [1.807, 2.05) is 4.90 Å². The van der Waals surface area contributed by atoms with E-state index in [4.69, 9.17) is 14.2 Å². The van der Waals surface area contributed by atoms with Gasteiger partial charge in [0.25, 0.3) is 5.91 Å². The van der Waals surface area contributed by atoms with E-state index in [0.717, 1.165) is 30.9 Å². The number of amides is 1. The number of carbonyl (C=O) groups excluding carboxylic acids is 1. The predicted molar refractivity (Wildman–Crippen MR) is 108 cm³/mol. The molecule has 1 aromatic heterocycles. The van der Waals surface area contributed by atoms with Crippen LogP contribution in [0.25, 0.3) is 0 Å². The maximum Gasteiger partial charge on any atom is 0.255 e. The van der Waals surface area contributed by atoms with Crippen molar-refractivity contribution in [3.63, 3.8) is 0 Å². The summed E-state index contributed by atoms with van der Waals surface area (Å²) in [6, 6.07) is 7.77. The van der Waals surface area contributed by atoms with Crippen LogP contribution in [0.4, 0.5) is 0 Å². The van der Waals surface area contributed by atoms with Crippen molar-refractivity contribution < 1.29 is 19.0 Å². The van der Waals surface area contributed by atoms with E-state index in [1.54, 1.807) is 25.4 Å². The van der Waals surface area contributed by atoms with Gasteiger partial charge >= 0.3 is 0 Å². The molecule has 5 rings (SSSR count). The molecule has 3 aliphatic rings. The minimum absolute atomic E-state index is 0.00671. The number of pyridine rings is 1.